The molecule has 6 nitrogen and oxygen atoms in total. The van der Waals surface area contributed by atoms with Gasteiger partial charge in [-0.25, -0.2) is 4.79 Å². The summed E-state index contributed by atoms with van der Waals surface area (Å²) in [5.74, 6) is 0.477. The largest absolute Gasteiger partial charge is 0.459 e. The molecule has 21 heavy (non-hydrogen) atoms. The number of amides is 3. The topological polar surface area (TPSA) is 57.0 Å². The molecule has 0 radical (unpaired) electrons. The number of hydrogen-bond acceptors (Lipinski definition) is 3. The fourth-order valence-electron chi connectivity index (χ4n) is 3.06. The van der Waals surface area contributed by atoms with E-state index in [-0.39, 0.29) is 11.9 Å². The molecule has 0 saturated carbocycles. The first-order valence-corrected chi connectivity index (χ1v) is 7.42. The van der Waals surface area contributed by atoms with E-state index in [1.165, 1.54) is 5.56 Å². The highest BCUT2D eigenvalue weighted by Crippen LogP contribution is 2.28. The number of fused-ring (bicyclic) bond motifs is 1. The SMILES string of the molecule is CN(C)C(=O)N1CCN(C(=O)c2occ3c2CCC3)CC1. The summed E-state index contributed by atoms with van der Waals surface area (Å²) in [5.41, 5.74) is 2.27. The number of aryl methyl sites for hydroxylation is 1. The normalized spacial score (nSPS) is 17.8. The average molecular weight is 291 g/mol. The van der Waals surface area contributed by atoms with Gasteiger partial charge in [0.05, 0.1) is 6.26 Å². The molecule has 6 heteroatoms. The second kappa shape index (κ2) is 5.42. The number of carbonyl (C=O) groups excluding carboxylic acids is 2. The number of furan rings is 1. The maximum atomic E-state index is 12.5. The third kappa shape index (κ3) is 2.50. The summed E-state index contributed by atoms with van der Waals surface area (Å²) >= 11 is 0. The lowest BCUT2D eigenvalue weighted by atomic mass is 10.1. The minimum Gasteiger partial charge on any atom is -0.459 e. The molecule has 1 saturated heterocycles. The lowest BCUT2D eigenvalue weighted by Gasteiger charge is -2.35. The lowest BCUT2D eigenvalue weighted by Crippen LogP contribution is -2.52. The van der Waals surface area contributed by atoms with Crippen LogP contribution in [0.4, 0.5) is 4.79 Å². The first kappa shape index (κ1) is 14.0. The van der Waals surface area contributed by atoms with E-state index >= 15 is 0 Å². The van der Waals surface area contributed by atoms with Gasteiger partial charge in [0.25, 0.3) is 5.91 Å². The van der Waals surface area contributed by atoms with Gasteiger partial charge >= 0.3 is 6.03 Å². The number of piperazine rings is 1. The van der Waals surface area contributed by atoms with Gasteiger partial charge in [0.1, 0.15) is 0 Å². The molecule has 3 rings (SSSR count). The first-order valence-electron chi connectivity index (χ1n) is 7.42. The van der Waals surface area contributed by atoms with Crippen LogP contribution in [0.5, 0.6) is 0 Å². The first-order chi connectivity index (χ1) is 10.1. The number of carbonyl (C=O) groups is 2. The molecule has 0 atom stereocenters. The van der Waals surface area contributed by atoms with Crippen molar-refractivity contribution in [2.24, 2.45) is 0 Å². The Labute approximate surface area is 124 Å². The summed E-state index contributed by atoms with van der Waals surface area (Å²) in [6.45, 7) is 2.28. The minimum absolute atomic E-state index is 0.000916. The molecule has 1 fully saturated rings. The van der Waals surface area contributed by atoms with Crippen LogP contribution >= 0.6 is 0 Å². The fraction of sp³-hybridized carbons (Fsp3) is 0.600. The summed E-state index contributed by atoms with van der Waals surface area (Å²) in [5, 5.41) is 0. The molecule has 1 aliphatic heterocycles. The van der Waals surface area contributed by atoms with Crippen LogP contribution < -0.4 is 0 Å². The predicted molar refractivity (Wildman–Crippen MR) is 77.3 cm³/mol. The quantitative estimate of drug-likeness (QED) is 0.781. The molecule has 0 spiro atoms. The Balaban J connectivity index is 1.64. The van der Waals surface area contributed by atoms with Crippen LogP contribution in [0.15, 0.2) is 10.7 Å². The molecule has 1 aromatic rings. The molecule has 0 aromatic carbocycles. The molecule has 0 bridgehead atoms. The number of nitrogens with zero attached hydrogens (tertiary/aromatic N) is 3. The molecule has 3 amide bonds. The highest BCUT2D eigenvalue weighted by Gasteiger charge is 2.30. The monoisotopic (exact) mass is 291 g/mol. The van der Waals surface area contributed by atoms with Crippen LogP contribution in [0, 0.1) is 0 Å². The Morgan fingerprint density at radius 2 is 1.76 bits per heavy atom. The van der Waals surface area contributed by atoms with E-state index in [0.717, 1.165) is 24.8 Å². The Morgan fingerprint density at radius 3 is 2.43 bits per heavy atom. The zero-order valence-corrected chi connectivity index (χ0v) is 12.6. The van der Waals surface area contributed by atoms with E-state index in [9.17, 15) is 9.59 Å². The third-order valence-electron chi connectivity index (χ3n) is 4.27. The summed E-state index contributed by atoms with van der Waals surface area (Å²) in [6.07, 6.45) is 4.77. The van der Waals surface area contributed by atoms with Crippen molar-refractivity contribution in [1.29, 1.82) is 0 Å². The standard InChI is InChI=1S/C15H21N3O3/c1-16(2)15(20)18-8-6-17(7-9-18)14(19)13-12-5-3-4-11(12)10-21-13/h10H,3-9H2,1-2H3. The number of hydrogen-bond donors (Lipinski definition) is 0. The lowest BCUT2D eigenvalue weighted by molar-refractivity contribution is 0.0618. The molecule has 1 aliphatic carbocycles. The van der Waals surface area contributed by atoms with E-state index in [1.807, 2.05) is 0 Å². The van der Waals surface area contributed by atoms with E-state index < -0.39 is 0 Å². The van der Waals surface area contributed by atoms with Gasteiger partial charge in [-0.2, -0.15) is 0 Å². The van der Waals surface area contributed by atoms with Gasteiger partial charge in [-0.05, 0) is 24.8 Å². The van der Waals surface area contributed by atoms with Crippen molar-refractivity contribution in [2.45, 2.75) is 19.3 Å². The average Bonchev–Trinajstić information content (AvgIpc) is 3.08. The molecule has 0 N–H and O–H groups in total. The summed E-state index contributed by atoms with van der Waals surface area (Å²) in [4.78, 5) is 29.6. The Morgan fingerprint density at radius 1 is 1.10 bits per heavy atom. The summed E-state index contributed by atoms with van der Waals surface area (Å²) in [6, 6.07) is 0.000916. The van der Waals surface area contributed by atoms with Crippen LogP contribution in [0.2, 0.25) is 0 Å². The Kier molecular flexibility index (Phi) is 3.61. The second-order valence-electron chi connectivity index (χ2n) is 5.88. The third-order valence-corrected chi connectivity index (χ3v) is 4.27. The fourth-order valence-corrected chi connectivity index (χ4v) is 3.06. The smallest absolute Gasteiger partial charge is 0.319 e. The maximum Gasteiger partial charge on any atom is 0.319 e. The number of rotatable bonds is 1. The van der Waals surface area contributed by atoms with Gasteiger partial charge in [0.2, 0.25) is 0 Å². The zero-order chi connectivity index (χ0) is 15.0. The maximum absolute atomic E-state index is 12.5. The predicted octanol–water partition coefficient (Wildman–Crippen LogP) is 1.21. The van der Waals surface area contributed by atoms with Crippen LogP contribution in [0.1, 0.15) is 28.1 Å². The molecule has 2 aliphatic rings. The highest BCUT2D eigenvalue weighted by molar-refractivity contribution is 5.93. The van der Waals surface area contributed by atoms with Crippen molar-refractivity contribution in [2.75, 3.05) is 40.3 Å². The molecule has 1 aromatic heterocycles. The van der Waals surface area contributed by atoms with E-state index in [0.29, 0.717) is 31.9 Å². The van der Waals surface area contributed by atoms with Crippen molar-refractivity contribution in [1.82, 2.24) is 14.7 Å². The van der Waals surface area contributed by atoms with Crippen LogP contribution in [-0.4, -0.2) is 66.9 Å². The molecule has 0 unspecified atom stereocenters. The van der Waals surface area contributed by atoms with Crippen molar-refractivity contribution in [3.8, 4) is 0 Å². The van der Waals surface area contributed by atoms with Crippen molar-refractivity contribution in [3.05, 3.63) is 23.2 Å². The Hall–Kier alpha value is -1.98. The van der Waals surface area contributed by atoms with Crippen LogP contribution in [0.3, 0.4) is 0 Å². The van der Waals surface area contributed by atoms with Gasteiger partial charge < -0.3 is 19.1 Å². The van der Waals surface area contributed by atoms with E-state index in [2.05, 4.69) is 0 Å². The van der Waals surface area contributed by atoms with E-state index in [4.69, 9.17) is 4.42 Å². The van der Waals surface area contributed by atoms with Crippen molar-refractivity contribution >= 4 is 11.9 Å². The van der Waals surface area contributed by atoms with Crippen LogP contribution in [-0.2, 0) is 12.8 Å². The summed E-state index contributed by atoms with van der Waals surface area (Å²) in [7, 11) is 3.48. The second-order valence-corrected chi connectivity index (χ2v) is 5.88. The molecule has 2 heterocycles. The minimum atomic E-state index is -0.0323. The van der Waals surface area contributed by atoms with Gasteiger partial charge in [0, 0.05) is 45.8 Å². The Bertz CT molecular complexity index is 557. The molecular weight excluding hydrogens is 270 g/mol. The van der Waals surface area contributed by atoms with Crippen molar-refractivity contribution < 1.29 is 14.0 Å². The van der Waals surface area contributed by atoms with Crippen LogP contribution in [0.25, 0.3) is 0 Å². The van der Waals surface area contributed by atoms with Gasteiger partial charge in [0.15, 0.2) is 5.76 Å². The number of urea groups is 1. The van der Waals surface area contributed by atoms with Gasteiger partial charge in [-0.15, -0.1) is 0 Å². The summed E-state index contributed by atoms with van der Waals surface area (Å²) < 4.78 is 5.49. The highest BCUT2D eigenvalue weighted by atomic mass is 16.3. The van der Waals surface area contributed by atoms with Crippen molar-refractivity contribution in [3.63, 3.8) is 0 Å². The molecule has 114 valence electrons. The van der Waals surface area contributed by atoms with Gasteiger partial charge in [-0.3, -0.25) is 4.79 Å². The van der Waals surface area contributed by atoms with E-state index in [1.54, 1.807) is 35.1 Å². The zero-order valence-electron chi connectivity index (χ0n) is 12.6. The van der Waals surface area contributed by atoms with Gasteiger partial charge in [-0.1, -0.05) is 0 Å². The molecular formula is C15H21N3O3.